The number of benzene rings is 1. The van der Waals surface area contributed by atoms with E-state index in [2.05, 4.69) is 0 Å². The lowest BCUT2D eigenvalue weighted by Gasteiger charge is -2.36. The molecule has 20 heavy (non-hydrogen) atoms. The number of nitrogens with zero attached hydrogens (tertiary/aromatic N) is 1. The van der Waals surface area contributed by atoms with Crippen LogP contribution >= 0.6 is 11.6 Å². The van der Waals surface area contributed by atoms with Crippen molar-refractivity contribution in [3.8, 4) is 0 Å². The highest BCUT2D eigenvalue weighted by Crippen LogP contribution is 2.29. The molecule has 0 saturated carbocycles. The standard InChI is InChI=1S/C14H20ClN3O2/c1-18(9-14(19)4-6-20-7-5-14)12-3-2-10(13(16)17)8-11(12)15/h2-3,8,19H,4-7,9H2,1H3,(H3,16,17). The molecule has 1 aromatic carbocycles. The van der Waals surface area contributed by atoms with Gasteiger partial charge in [0.05, 0.1) is 16.3 Å². The maximum absolute atomic E-state index is 10.5. The fourth-order valence-electron chi connectivity index (χ4n) is 2.42. The number of anilines is 1. The molecule has 1 saturated heterocycles. The summed E-state index contributed by atoms with van der Waals surface area (Å²) in [5.41, 5.74) is 6.11. The Hall–Kier alpha value is -1.30. The number of amidine groups is 1. The van der Waals surface area contributed by atoms with Crippen LogP contribution in [0.2, 0.25) is 5.02 Å². The smallest absolute Gasteiger partial charge is 0.122 e. The predicted octanol–water partition coefficient (Wildman–Crippen LogP) is 1.60. The summed E-state index contributed by atoms with van der Waals surface area (Å²) in [6, 6.07) is 5.25. The third-order valence-electron chi connectivity index (χ3n) is 3.62. The van der Waals surface area contributed by atoms with Crippen LogP contribution in [0, 0.1) is 5.41 Å². The summed E-state index contributed by atoms with van der Waals surface area (Å²) in [5.74, 6) is -0.0100. The Morgan fingerprint density at radius 3 is 2.70 bits per heavy atom. The molecule has 6 heteroatoms. The minimum Gasteiger partial charge on any atom is -0.388 e. The number of rotatable bonds is 4. The minimum atomic E-state index is -0.740. The van der Waals surface area contributed by atoms with Crippen molar-refractivity contribution in [1.29, 1.82) is 5.41 Å². The molecule has 1 heterocycles. The van der Waals surface area contributed by atoms with Crippen molar-refractivity contribution in [2.24, 2.45) is 5.73 Å². The minimum absolute atomic E-state index is 0.0100. The van der Waals surface area contributed by atoms with Gasteiger partial charge in [0, 0.05) is 45.2 Å². The van der Waals surface area contributed by atoms with Gasteiger partial charge in [-0.25, -0.2) is 0 Å². The number of halogens is 1. The SMILES string of the molecule is CN(CC1(O)CCOCC1)c1ccc(C(=N)N)cc1Cl. The fraction of sp³-hybridized carbons (Fsp3) is 0.500. The van der Waals surface area contributed by atoms with E-state index in [1.165, 1.54) is 0 Å². The molecular weight excluding hydrogens is 278 g/mol. The Bertz CT molecular complexity index is 501. The molecule has 1 fully saturated rings. The maximum atomic E-state index is 10.5. The van der Waals surface area contributed by atoms with Crippen LogP contribution in [0.15, 0.2) is 18.2 Å². The van der Waals surface area contributed by atoms with E-state index in [0.717, 1.165) is 5.69 Å². The summed E-state index contributed by atoms with van der Waals surface area (Å²) in [5, 5.41) is 18.4. The van der Waals surface area contributed by atoms with Crippen LogP contribution in [0.5, 0.6) is 0 Å². The van der Waals surface area contributed by atoms with Gasteiger partial charge in [0.1, 0.15) is 5.84 Å². The fourth-order valence-corrected chi connectivity index (χ4v) is 2.74. The lowest BCUT2D eigenvalue weighted by molar-refractivity contribution is -0.0572. The van der Waals surface area contributed by atoms with Gasteiger partial charge in [-0.05, 0) is 18.2 Å². The average molecular weight is 298 g/mol. The monoisotopic (exact) mass is 297 g/mol. The number of aliphatic hydroxyl groups is 1. The van der Waals surface area contributed by atoms with Crippen molar-refractivity contribution in [2.45, 2.75) is 18.4 Å². The molecule has 0 unspecified atom stereocenters. The third kappa shape index (κ3) is 3.42. The molecule has 0 aromatic heterocycles. The Morgan fingerprint density at radius 1 is 1.50 bits per heavy atom. The Kier molecular flexibility index (Phi) is 4.52. The molecule has 0 spiro atoms. The van der Waals surface area contributed by atoms with Gasteiger partial charge in [-0.15, -0.1) is 0 Å². The van der Waals surface area contributed by atoms with Gasteiger partial charge in [-0.2, -0.15) is 0 Å². The van der Waals surface area contributed by atoms with Crippen LogP contribution in [0.4, 0.5) is 5.69 Å². The van der Waals surface area contributed by atoms with E-state index in [1.807, 2.05) is 18.0 Å². The number of hydrogen-bond donors (Lipinski definition) is 3. The molecule has 1 aliphatic rings. The highest BCUT2D eigenvalue weighted by Gasteiger charge is 2.31. The molecule has 5 nitrogen and oxygen atoms in total. The van der Waals surface area contributed by atoms with Gasteiger partial charge >= 0.3 is 0 Å². The second-order valence-electron chi connectivity index (χ2n) is 5.27. The second-order valence-corrected chi connectivity index (χ2v) is 5.68. The number of nitrogen functional groups attached to an aromatic ring is 1. The van der Waals surface area contributed by atoms with E-state index in [1.54, 1.807) is 12.1 Å². The second kappa shape index (κ2) is 5.99. The number of likely N-dealkylation sites (N-methyl/N-ethyl adjacent to an activating group) is 1. The summed E-state index contributed by atoms with van der Waals surface area (Å²) in [4.78, 5) is 1.93. The molecule has 2 rings (SSSR count). The van der Waals surface area contributed by atoms with Crippen molar-refractivity contribution in [2.75, 3.05) is 31.7 Å². The quantitative estimate of drug-likeness (QED) is 0.582. The summed E-state index contributed by atoms with van der Waals surface area (Å²) in [7, 11) is 1.89. The van der Waals surface area contributed by atoms with Gasteiger partial charge in [0.2, 0.25) is 0 Å². The topological polar surface area (TPSA) is 82.6 Å². The molecular formula is C14H20ClN3O2. The van der Waals surface area contributed by atoms with E-state index in [9.17, 15) is 5.11 Å². The van der Waals surface area contributed by atoms with Crippen LogP contribution in [-0.2, 0) is 4.74 Å². The first-order chi connectivity index (χ1) is 9.41. The number of hydrogen-bond acceptors (Lipinski definition) is 4. The van der Waals surface area contributed by atoms with Crippen LogP contribution in [0.1, 0.15) is 18.4 Å². The lowest BCUT2D eigenvalue weighted by atomic mass is 9.93. The first kappa shape index (κ1) is 15.1. The van der Waals surface area contributed by atoms with E-state index in [4.69, 9.17) is 27.5 Å². The largest absolute Gasteiger partial charge is 0.388 e. The molecule has 0 radical (unpaired) electrons. The Morgan fingerprint density at radius 2 is 2.15 bits per heavy atom. The van der Waals surface area contributed by atoms with E-state index in [-0.39, 0.29) is 5.84 Å². The molecule has 110 valence electrons. The first-order valence-electron chi connectivity index (χ1n) is 6.56. The first-order valence-corrected chi connectivity index (χ1v) is 6.94. The molecule has 0 amide bonds. The van der Waals surface area contributed by atoms with E-state index >= 15 is 0 Å². The van der Waals surface area contributed by atoms with Crippen LogP contribution in [0.3, 0.4) is 0 Å². The van der Waals surface area contributed by atoms with Crippen molar-refractivity contribution >= 4 is 23.1 Å². The Balaban J connectivity index is 2.12. The predicted molar refractivity (Wildman–Crippen MR) is 80.7 cm³/mol. The number of ether oxygens (including phenoxy) is 1. The maximum Gasteiger partial charge on any atom is 0.122 e. The zero-order valence-electron chi connectivity index (χ0n) is 11.5. The number of nitrogens with one attached hydrogen (secondary N) is 1. The van der Waals surface area contributed by atoms with Gasteiger partial charge in [-0.3, -0.25) is 5.41 Å². The Labute approximate surface area is 123 Å². The van der Waals surface area contributed by atoms with Gasteiger partial charge < -0.3 is 20.5 Å². The van der Waals surface area contributed by atoms with Crippen molar-refractivity contribution in [3.63, 3.8) is 0 Å². The molecule has 0 bridgehead atoms. The van der Waals surface area contributed by atoms with Gasteiger partial charge in [0.15, 0.2) is 0 Å². The van der Waals surface area contributed by atoms with Crippen molar-refractivity contribution in [1.82, 2.24) is 0 Å². The molecule has 0 atom stereocenters. The molecule has 4 N–H and O–H groups in total. The van der Waals surface area contributed by atoms with Crippen LogP contribution in [-0.4, -0.2) is 43.3 Å². The highest BCUT2D eigenvalue weighted by atomic mass is 35.5. The summed E-state index contributed by atoms with van der Waals surface area (Å²) in [6.45, 7) is 1.66. The zero-order valence-corrected chi connectivity index (χ0v) is 12.3. The van der Waals surface area contributed by atoms with Crippen LogP contribution < -0.4 is 10.6 Å². The summed E-state index contributed by atoms with van der Waals surface area (Å²) in [6.07, 6.45) is 1.25. The third-order valence-corrected chi connectivity index (χ3v) is 3.93. The van der Waals surface area contributed by atoms with Gasteiger partial charge in [-0.1, -0.05) is 11.6 Å². The lowest BCUT2D eigenvalue weighted by Crippen LogP contribution is -2.45. The van der Waals surface area contributed by atoms with E-state index in [0.29, 0.717) is 43.2 Å². The van der Waals surface area contributed by atoms with Crippen molar-refractivity contribution < 1.29 is 9.84 Å². The highest BCUT2D eigenvalue weighted by molar-refractivity contribution is 6.33. The summed E-state index contributed by atoms with van der Waals surface area (Å²) >= 11 is 6.23. The van der Waals surface area contributed by atoms with Crippen molar-refractivity contribution in [3.05, 3.63) is 28.8 Å². The molecule has 1 aliphatic heterocycles. The molecule has 1 aromatic rings. The average Bonchev–Trinajstić information content (AvgIpc) is 2.38. The van der Waals surface area contributed by atoms with Gasteiger partial charge in [0.25, 0.3) is 0 Å². The zero-order chi connectivity index (χ0) is 14.8. The van der Waals surface area contributed by atoms with Crippen LogP contribution in [0.25, 0.3) is 0 Å². The molecule has 0 aliphatic carbocycles. The number of nitrogens with two attached hydrogens (primary N) is 1. The normalized spacial score (nSPS) is 17.8. The van der Waals surface area contributed by atoms with E-state index < -0.39 is 5.60 Å². The summed E-state index contributed by atoms with van der Waals surface area (Å²) < 4.78 is 5.28.